The molecule has 1 fully saturated rings. The van der Waals surface area contributed by atoms with Gasteiger partial charge in [0.2, 0.25) is 0 Å². The highest BCUT2D eigenvalue weighted by molar-refractivity contribution is 4.96. The third-order valence-electron chi connectivity index (χ3n) is 2.46. The lowest BCUT2D eigenvalue weighted by atomic mass is 9.95. The average Bonchev–Trinajstić information content (AvgIpc) is 2.59. The van der Waals surface area contributed by atoms with Gasteiger partial charge >= 0.3 is 0 Å². The molecule has 1 atom stereocenters. The molecule has 3 heteroatoms. The second-order valence-electron chi connectivity index (χ2n) is 3.49. The molecule has 2 rings (SSSR count). The molecule has 0 amide bonds. The molecule has 0 spiro atoms. The van der Waals surface area contributed by atoms with Crippen LogP contribution in [-0.2, 0) is 6.42 Å². The fraction of sp³-hybridized carbons (Fsp3) is 0.667. The van der Waals surface area contributed by atoms with E-state index in [4.69, 9.17) is 0 Å². The number of H-pyrrole nitrogens is 1. The molecule has 0 aliphatic carbocycles. The number of rotatable bonds is 2. The molecule has 1 saturated heterocycles. The van der Waals surface area contributed by atoms with E-state index in [1.165, 1.54) is 31.6 Å². The van der Waals surface area contributed by atoms with E-state index in [-0.39, 0.29) is 0 Å². The molecule has 1 aromatic heterocycles. The van der Waals surface area contributed by atoms with Crippen molar-refractivity contribution in [1.82, 2.24) is 15.3 Å². The van der Waals surface area contributed by atoms with Crippen molar-refractivity contribution >= 4 is 0 Å². The van der Waals surface area contributed by atoms with Gasteiger partial charge in [-0.25, -0.2) is 4.98 Å². The summed E-state index contributed by atoms with van der Waals surface area (Å²) in [6, 6.07) is 0. The molecule has 1 aliphatic rings. The monoisotopic (exact) mass is 165 g/mol. The molecule has 2 N–H and O–H groups in total. The van der Waals surface area contributed by atoms with Crippen LogP contribution in [0, 0.1) is 5.92 Å². The van der Waals surface area contributed by atoms with Gasteiger partial charge in [0.1, 0.15) is 0 Å². The Morgan fingerprint density at radius 1 is 1.58 bits per heavy atom. The minimum absolute atomic E-state index is 0.805. The Bertz CT molecular complexity index is 212. The molecule has 1 aliphatic heterocycles. The summed E-state index contributed by atoms with van der Waals surface area (Å²) < 4.78 is 0. The lowest BCUT2D eigenvalue weighted by Gasteiger charge is -2.21. The Balaban J connectivity index is 1.86. The highest BCUT2D eigenvalue weighted by atomic mass is 14.9. The minimum Gasteiger partial charge on any atom is -0.348 e. The van der Waals surface area contributed by atoms with Crippen LogP contribution in [0.15, 0.2) is 12.5 Å². The fourth-order valence-electron chi connectivity index (χ4n) is 1.81. The Morgan fingerprint density at radius 3 is 3.25 bits per heavy atom. The zero-order valence-electron chi connectivity index (χ0n) is 7.21. The maximum Gasteiger partial charge on any atom is 0.0921 e. The number of aromatic nitrogens is 2. The normalized spacial score (nSPS) is 24.2. The Hall–Kier alpha value is -0.830. The molecule has 0 unspecified atom stereocenters. The van der Waals surface area contributed by atoms with Gasteiger partial charge in [0, 0.05) is 11.9 Å². The van der Waals surface area contributed by atoms with Crippen molar-refractivity contribution in [3.05, 3.63) is 18.2 Å². The van der Waals surface area contributed by atoms with Crippen LogP contribution in [-0.4, -0.2) is 23.1 Å². The molecule has 12 heavy (non-hydrogen) atoms. The molecular weight excluding hydrogens is 150 g/mol. The lowest BCUT2D eigenvalue weighted by molar-refractivity contribution is 0.374. The first-order chi connectivity index (χ1) is 5.95. The second-order valence-corrected chi connectivity index (χ2v) is 3.49. The van der Waals surface area contributed by atoms with E-state index in [1.54, 1.807) is 6.33 Å². The predicted octanol–water partition coefficient (Wildman–Crippen LogP) is 0.952. The summed E-state index contributed by atoms with van der Waals surface area (Å²) >= 11 is 0. The molecule has 0 bridgehead atoms. The average molecular weight is 165 g/mol. The van der Waals surface area contributed by atoms with E-state index >= 15 is 0 Å². The topological polar surface area (TPSA) is 40.7 Å². The first-order valence-corrected chi connectivity index (χ1v) is 4.63. The molecule has 0 saturated carbocycles. The molecule has 3 nitrogen and oxygen atoms in total. The SMILES string of the molecule is c1ncc(C[C@@H]2CCCNC2)[nH]1. The van der Waals surface area contributed by atoms with Crippen molar-refractivity contribution < 1.29 is 0 Å². The number of hydrogen-bond donors (Lipinski definition) is 2. The van der Waals surface area contributed by atoms with Gasteiger partial charge < -0.3 is 10.3 Å². The van der Waals surface area contributed by atoms with Gasteiger partial charge in [0.15, 0.2) is 0 Å². The van der Waals surface area contributed by atoms with Gasteiger partial charge in [-0.05, 0) is 38.3 Å². The van der Waals surface area contributed by atoms with Gasteiger partial charge in [0.05, 0.1) is 6.33 Å². The minimum atomic E-state index is 0.805. The lowest BCUT2D eigenvalue weighted by Crippen LogP contribution is -2.30. The molecular formula is C9H15N3. The van der Waals surface area contributed by atoms with E-state index in [2.05, 4.69) is 15.3 Å². The first kappa shape index (κ1) is 7.80. The molecule has 66 valence electrons. The summed E-state index contributed by atoms with van der Waals surface area (Å²) in [5.41, 5.74) is 1.27. The van der Waals surface area contributed by atoms with Crippen LogP contribution >= 0.6 is 0 Å². The summed E-state index contributed by atoms with van der Waals surface area (Å²) in [6.07, 6.45) is 7.50. The summed E-state index contributed by atoms with van der Waals surface area (Å²) in [4.78, 5) is 7.16. The van der Waals surface area contributed by atoms with Crippen LogP contribution in [0.5, 0.6) is 0 Å². The Kier molecular flexibility index (Phi) is 2.42. The van der Waals surface area contributed by atoms with Crippen LogP contribution in [0.4, 0.5) is 0 Å². The Labute approximate surface area is 72.6 Å². The summed E-state index contributed by atoms with van der Waals surface area (Å²) in [5, 5.41) is 3.41. The summed E-state index contributed by atoms with van der Waals surface area (Å²) in [7, 11) is 0. The maximum atomic E-state index is 4.01. The highest BCUT2D eigenvalue weighted by Gasteiger charge is 2.13. The first-order valence-electron chi connectivity index (χ1n) is 4.63. The van der Waals surface area contributed by atoms with Crippen molar-refractivity contribution in [2.24, 2.45) is 5.92 Å². The van der Waals surface area contributed by atoms with Gasteiger partial charge in [-0.1, -0.05) is 0 Å². The van der Waals surface area contributed by atoms with E-state index in [0.29, 0.717) is 0 Å². The number of hydrogen-bond acceptors (Lipinski definition) is 2. The number of piperidine rings is 1. The quantitative estimate of drug-likeness (QED) is 0.685. The highest BCUT2D eigenvalue weighted by Crippen LogP contribution is 2.14. The van der Waals surface area contributed by atoms with Crippen LogP contribution < -0.4 is 5.32 Å². The zero-order chi connectivity index (χ0) is 8.23. The number of imidazole rings is 1. The number of nitrogens with zero attached hydrogens (tertiary/aromatic N) is 1. The van der Waals surface area contributed by atoms with Crippen LogP contribution in [0.2, 0.25) is 0 Å². The zero-order valence-corrected chi connectivity index (χ0v) is 7.21. The smallest absolute Gasteiger partial charge is 0.0921 e. The van der Waals surface area contributed by atoms with Crippen molar-refractivity contribution in [1.29, 1.82) is 0 Å². The maximum absolute atomic E-state index is 4.01. The second kappa shape index (κ2) is 3.72. The van der Waals surface area contributed by atoms with Gasteiger partial charge in [-0.2, -0.15) is 0 Å². The fourth-order valence-corrected chi connectivity index (χ4v) is 1.81. The molecule has 0 radical (unpaired) electrons. The third-order valence-corrected chi connectivity index (χ3v) is 2.46. The van der Waals surface area contributed by atoms with Crippen molar-refractivity contribution in [2.75, 3.05) is 13.1 Å². The van der Waals surface area contributed by atoms with Crippen molar-refractivity contribution in [3.63, 3.8) is 0 Å². The van der Waals surface area contributed by atoms with Gasteiger partial charge in [-0.15, -0.1) is 0 Å². The van der Waals surface area contributed by atoms with E-state index < -0.39 is 0 Å². The summed E-state index contributed by atoms with van der Waals surface area (Å²) in [5.74, 6) is 0.805. The predicted molar refractivity (Wildman–Crippen MR) is 47.9 cm³/mol. The molecule has 2 heterocycles. The van der Waals surface area contributed by atoms with E-state index in [0.717, 1.165) is 12.3 Å². The van der Waals surface area contributed by atoms with Crippen molar-refractivity contribution in [2.45, 2.75) is 19.3 Å². The van der Waals surface area contributed by atoms with E-state index in [1.807, 2.05) is 6.20 Å². The van der Waals surface area contributed by atoms with E-state index in [9.17, 15) is 0 Å². The Morgan fingerprint density at radius 2 is 2.58 bits per heavy atom. The van der Waals surface area contributed by atoms with Crippen molar-refractivity contribution in [3.8, 4) is 0 Å². The third kappa shape index (κ3) is 1.85. The van der Waals surface area contributed by atoms with Crippen LogP contribution in [0.3, 0.4) is 0 Å². The largest absolute Gasteiger partial charge is 0.348 e. The summed E-state index contributed by atoms with van der Waals surface area (Å²) in [6.45, 7) is 2.36. The van der Waals surface area contributed by atoms with Gasteiger partial charge in [-0.3, -0.25) is 0 Å². The van der Waals surface area contributed by atoms with Crippen LogP contribution in [0.25, 0.3) is 0 Å². The number of nitrogens with one attached hydrogen (secondary N) is 2. The van der Waals surface area contributed by atoms with Gasteiger partial charge in [0.25, 0.3) is 0 Å². The van der Waals surface area contributed by atoms with Crippen LogP contribution in [0.1, 0.15) is 18.5 Å². The standard InChI is InChI=1S/C9H15N3/c1-2-8(5-10-3-1)4-9-6-11-7-12-9/h6-8,10H,1-5H2,(H,11,12)/t8-/m0/s1. The number of aromatic amines is 1. The molecule has 0 aromatic carbocycles. The molecule has 1 aromatic rings.